The average Bonchev–Trinajstić information content (AvgIpc) is 4.01. The van der Waals surface area contributed by atoms with Crippen LogP contribution in [0.1, 0.15) is 128 Å². The van der Waals surface area contributed by atoms with Gasteiger partial charge >= 0.3 is 6.09 Å². The third kappa shape index (κ3) is 11.6. The number of carbonyl (C=O) groups is 1. The van der Waals surface area contributed by atoms with Crippen LogP contribution in [0.2, 0.25) is 10.1 Å². The molecule has 426 valence electrons. The van der Waals surface area contributed by atoms with Gasteiger partial charge < -0.3 is 13.6 Å². The zero-order valence-electron chi connectivity index (χ0n) is 50.1. The summed E-state index contributed by atoms with van der Waals surface area (Å²) in [7, 11) is -5.41. The molecular formula is C71H95N3O4Si2. The van der Waals surface area contributed by atoms with Crippen molar-refractivity contribution in [2.45, 2.75) is 181 Å². The normalized spacial score (nSPS) is 26.3. The molecule has 0 spiro atoms. The van der Waals surface area contributed by atoms with Crippen molar-refractivity contribution in [2.75, 3.05) is 13.1 Å². The van der Waals surface area contributed by atoms with Gasteiger partial charge in [0.05, 0.1) is 30.3 Å². The fourth-order valence-electron chi connectivity index (χ4n) is 15.8. The van der Waals surface area contributed by atoms with Gasteiger partial charge in [-0.05, 0) is 118 Å². The van der Waals surface area contributed by atoms with Gasteiger partial charge in [0, 0.05) is 33.6 Å². The lowest BCUT2D eigenvalue weighted by atomic mass is 9.78. The largest absolute Gasteiger partial charge is 0.444 e. The predicted molar refractivity (Wildman–Crippen MR) is 337 cm³/mol. The van der Waals surface area contributed by atoms with Gasteiger partial charge in [-0.15, -0.1) is 0 Å². The second kappa shape index (κ2) is 24.4. The molecule has 4 saturated heterocycles. The number of ether oxygens (including phenoxy) is 1. The second-order valence-electron chi connectivity index (χ2n) is 26.8. The number of fused-ring (bicyclic) bond motifs is 4. The van der Waals surface area contributed by atoms with Crippen LogP contribution in [-0.2, 0) is 26.7 Å². The maximum absolute atomic E-state index is 13.9. The van der Waals surface area contributed by atoms with E-state index in [2.05, 4.69) is 238 Å². The maximum atomic E-state index is 13.9. The van der Waals surface area contributed by atoms with Crippen LogP contribution in [0.25, 0.3) is 0 Å². The number of hydrogen-bond donors (Lipinski definition) is 0. The highest BCUT2D eigenvalue weighted by Crippen LogP contribution is 2.55. The van der Waals surface area contributed by atoms with Crippen molar-refractivity contribution in [1.29, 1.82) is 0 Å². The lowest BCUT2D eigenvalue weighted by molar-refractivity contribution is -0.0206. The molecule has 4 heterocycles. The van der Waals surface area contributed by atoms with Crippen LogP contribution in [0.5, 0.6) is 0 Å². The van der Waals surface area contributed by atoms with Crippen molar-refractivity contribution in [3.05, 3.63) is 193 Å². The van der Waals surface area contributed by atoms with Crippen LogP contribution in [-0.4, -0.2) is 92.5 Å². The van der Waals surface area contributed by atoms with Crippen LogP contribution in [0.15, 0.2) is 182 Å². The number of likely N-dealkylation sites (tertiary alicyclic amines) is 2. The first-order valence-corrected chi connectivity index (χ1v) is 33.6. The van der Waals surface area contributed by atoms with E-state index in [0.29, 0.717) is 30.9 Å². The van der Waals surface area contributed by atoms with Crippen LogP contribution < -0.4 is 20.7 Å². The van der Waals surface area contributed by atoms with Crippen molar-refractivity contribution in [3.63, 3.8) is 0 Å². The summed E-state index contributed by atoms with van der Waals surface area (Å²) >= 11 is 0. The van der Waals surface area contributed by atoms with Gasteiger partial charge in [0.25, 0.3) is 16.6 Å². The van der Waals surface area contributed by atoms with Gasteiger partial charge in [0.15, 0.2) is 0 Å². The number of piperidine rings is 3. The first-order chi connectivity index (χ1) is 38.3. The molecule has 2 saturated carbocycles. The minimum atomic E-state index is -2.85. The van der Waals surface area contributed by atoms with Gasteiger partial charge in [-0.3, -0.25) is 14.7 Å². The Labute approximate surface area is 486 Å². The zero-order chi connectivity index (χ0) is 56.5. The summed E-state index contributed by atoms with van der Waals surface area (Å²) in [6.45, 7) is 26.6. The molecule has 10 atom stereocenters. The fraction of sp³-hybridized carbons (Fsp3) is 0.479. The van der Waals surface area contributed by atoms with Gasteiger partial charge in [0.2, 0.25) is 0 Å². The average molecular weight is 1110 g/mol. The Morgan fingerprint density at radius 2 is 0.838 bits per heavy atom. The highest BCUT2D eigenvalue weighted by molar-refractivity contribution is 7.00. The Bertz CT molecular complexity index is 2840. The molecule has 80 heavy (non-hydrogen) atoms. The van der Waals surface area contributed by atoms with Gasteiger partial charge in [0.1, 0.15) is 5.60 Å². The van der Waals surface area contributed by atoms with E-state index in [0.717, 1.165) is 44.3 Å². The Morgan fingerprint density at radius 1 is 0.487 bits per heavy atom. The summed E-state index contributed by atoms with van der Waals surface area (Å²) in [5.41, 5.74) is 2.18. The molecule has 0 N–H and O–H groups in total. The molecule has 1 amide bonds. The van der Waals surface area contributed by atoms with E-state index in [1.807, 2.05) is 20.8 Å². The molecule has 6 aromatic rings. The maximum Gasteiger partial charge on any atom is 0.410 e. The molecular weight excluding hydrogens is 1010 g/mol. The molecule has 2 aliphatic carbocycles. The Morgan fingerprint density at radius 3 is 1.24 bits per heavy atom. The Kier molecular flexibility index (Phi) is 17.7. The third-order valence-corrected chi connectivity index (χ3v) is 28.5. The van der Waals surface area contributed by atoms with Crippen molar-refractivity contribution in [3.8, 4) is 0 Å². The van der Waals surface area contributed by atoms with Crippen LogP contribution in [0.3, 0.4) is 0 Å². The summed E-state index contributed by atoms with van der Waals surface area (Å²) in [6, 6.07) is 66.7. The zero-order valence-corrected chi connectivity index (χ0v) is 51.1. The molecule has 12 rings (SSSR count). The molecule has 6 aliphatic rings. The van der Waals surface area contributed by atoms with Gasteiger partial charge in [-0.2, -0.15) is 0 Å². The second-order valence-corrected chi connectivity index (χ2v) is 35.3. The first-order valence-electron chi connectivity index (χ1n) is 30.5. The number of rotatable bonds is 12. The molecule has 6 fully saturated rings. The quantitative estimate of drug-likeness (QED) is 0.114. The Hall–Kier alpha value is -5.14. The molecule has 0 radical (unpaired) electrons. The van der Waals surface area contributed by atoms with Crippen LogP contribution in [0.4, 0.5) is 4.79 Å². The smallest absolute Gasteiger partial charge is 0.410 e. The van der Waals surface area contributed by atoms with E-state index in [-0.39, 0.29) is 47.8 Å². The third-order valence-electron chi connectivity index (χ3n) is 18.5. The molecule has 7 nitrogen and oxygen atoms in total. The van der Waals surface area contributed by atoms with E-state index in [1.54, 1.807) is 6.92 Å². The standard InChI is InChI=1S/C36H46N2O3Si.C32H39NOSi.C2H6.CH4/c1-35(2,3)40-34(39)38-30-22-27-23-31(38)33(32(30)37(25-27)24-26-16-10-7-11-17-26)41-42(36(4,5)6,28-18-12-8-13-19-28)29-20-14-9-15-21-29;1-32(2,3)35(28-15-9-5-10-16-28,29-17-11-6-12-18-29)34-31-27-20-25-19-26(21-27)30(31)33(23-25)22-24-13-7-4-8-14-24;1-2;/h7-21,27,30-33H,22-25H2,1-6H3;4-18,25-27,30-31H,19-23H2,1-3H3;1-2H3;1H4/t27?,30?,31?,32?,33-;25?,26?,27?,30?,31-;;/m00../s1/i;;1D;. The lowest BCUT2D eigenvalue weighted by Gasteiger charge is -2.48. The fourth-order valence-corrected chi connectivity index (χ4v) is 25.2. The minimum absolute atomic E-state index is 0. The number of benzene rings is 6. The highest BCUT2D eigenvalue weighted by Gasteiger charge is 2.65. The van der Waals surface area contributed by atoms with E-state index in [1.165, 1.54) is 57.7 Å². The van der Waals surface area contributed by atoms with E-state index >= 15 is 0 Å². The first kappa shape index (κ1) is 58.1. The molecule has 9 heteroatoms. The summed E-state index contributed by atoms with van der Waals surface area (Å²) in [5.74, 6) is 2.82. The summed E-state index contributed by atoms with van der Waals surface area (Å²) < 4.78 is 28.0. The minimum Gasteiger partial charge on any atom is -0.444 e. The molecule has 8 unspecified atom stereocenters. The summed E-state index contributed by atoms with van der Waals surface area (Å²) in [6.07, 6.45) is 6.01. The highest BCUT2D eigenvalue weighted by atomic mass is 28.4. The number of nitrogens with zero attached hydrogens (tertiary/aromatic N) is 3. The molecule has 0 aromatic heterocycles. The Balaban J connectivity index is 0.000000187. The van der Waals surface area contributed by atoms with Crippen molar-refractivity contribution in [2.24, 2.45) is 23.7 Å². The number of hydrogen-bond acceptors (Lipinski definition) is 6. The molecule has 6 aromatic carbocycles. The molecule has 4 aliphatic heterocycles. The topological polar surface area (TPSA) is 54.5 Å². The monoisotopic (exact) mass is 1110 g/mol. The van der Waals surface area contributed by atoms with E-state index in [4.69, 9.17) is 15.0 Å². The SMILES string of the molecule is C.CC(C)(C)OC(=O)N1C2CC3CC1[C@H](O[Si](c1ccccc1)(c1ccccc1)C(C)(C)C)C2N(Cc1ccccc1)C3.CC(C)(C)[Si](O[C@H]1C2CC3CC(C2)C1N(Cc1ccccc1)C3)(c1ccccc1)c1ccccc1.[2H]CC. The van der Waals surface area contributed by atoms with E-state index < -0.39 is 22.2 Å². The number of amides is 1. The molecule has 6 bridgehead atoms. The predicted octanol–water partition coefficient (Wildman–Crippen LogP) is 13.7. The van der Waals surface area contributed by atoms with Crippen molar-refractivity contribution >= 4 is 43.5 Å². The van der Waals surface area contributed by atoms with Gasteiger partial charge in [-0.25, -0.2) is 4.79 Å². The van der Waals surface area contributed by atoms with Crippen molar-refractivity contribution in [1.82, 2.24) is 14.7 Å². The van der Waals surface area contributed by atoms with Crippen LogP contribution >= 0.6 is 0 Å². The van der Waals surface area contributed by atoms with Gasteiger partial charge in [-0.1, -0.05) is 245 Å². The lowest BCUT2D eigenvalue weighted by Crippen LogP contribution is -2.69. The van der Waals surface area contributed by atoms with Crippen LogP contribution in [0, 0.1) is 23.7 Å². The van der Waals surface area contributed by atoms with Crippen molar-refractivity contribution < 1.29 is 19.8 Å². The van der Waals surface area contributed by atoms with E-state index in [9.17, 15) is 4.79 Å². The summed E-state index contributed by atoms with van der Waals surface area (Å²) in [5, 5.41) is 5.24. The summed E-state index contributed by atoms with van der Waals surface area (Å²) in [4.78, 5) is 21.4. The number of carbonyl (C=O) groups excluding carboxylic acids is 1.